The zero-order valence-corrected chi connectivity index (χ0v) is 14.7. The molecule has 0 spiro atoms. The second-order valence-corrected chi connectivity index (χ2v) is 7.59. The highest BCUT2D eigenvalue weighted by atomic mass is 31.2. The van der Waals surface area contributed by atoms with Crippen molar-refractivity contribution in [3.8, 4) is 0 Å². The van der Waals surface area contributed by atoms with Gasteiger partial charge in [-0.25, -0.2) is 9.36 Å². The van der Waals surface area contributed by atoms with Gasteiger partial charge >= 0.3 is 13.5 Å². The van der Waals surface area contributed by atoms with Crippen LogP contribution in [0.2, 0.25) is 0 Å². The van der Waals surface area contributed by atoms with Crippen LogP contribution in [0.5, 0.6) is 0 Å². The minimum Gasteiger partial charge on any atom is -0.386 e. The van der Waals surface area contributed by atoms with Gasteiger partial charge in [-0.3, -0.25) is 13.6 Å². The fourth-order valence-corrected chi connectivity index (χ4v) is 3.99. The first-order valence-electron chi connectivity index (χ1n) is 8.19. The molecule has 1 unspecified atom stereocenters. The number of aliphatic hydroxyl groups is 1. The number of fused-ring (bicyclic) bond motifs is 1. The van der Waals surface area contributed by atoms with Gasteiger partial charge in [0.15, 0.2) is 6.23 Å². The molecule has 0 amide bonds. The van der Waals surface area contributed by atoms with Crippen molar-refractivity contribution >= 4 is 13.6 Å². The minimum atomic E-state index is -4.22. The van der Waals surface area contributed by atoms with Crippen molar-refractivity contribution in [2.24, 2.45) is 0 Å². The molecule has 1 aromatic heterocycles. The summed E-state index contributed by atoms with van der Waals surface area (Å²) in [4.78, 5) is 25.4. The molecule has 0 saturated carbocycles. The molecule has 10 nitrogen and oxygen atoms in total. The highest BCUT2D eigenvalue weighted by molar-refractivity contribution is 7.47. The third-order valence-electron chi connectivity index (χ3n) is 4.35. The average molecular weight is 375 g/mol. The summed E-state index contributed by atoms with van der Waals surface area (Å²) in [6.07, 6.45) is 0.874. The molecule has 0 radical (unpaired) electrons. The number of hydrogen-bond donors (Lipinski definition) is 3. The summed E-state index contributed by atoms with van der Waals surface area (Å²) in [5, 5.41) is 10.4. The SMILES string of the molecule is CCCCCc1cn([C@@H]2O[C@@H]3COP(=O)(O)O[C@H]3[C@H]2O)c(=O)nc1N. The Morgan fingerprint density at radius 3 is 2.96 bits per heavy atom. The molecular weight excluding hydrogens is 353 g/mol. The smallest absolute Gasteiger partial charge is 0.386 e. The van der Waals surface area contributed by atoms with E-state index in [1.165, 1.54) is 6.20 Å². The van der Waals surface area contributed by atoms with E-state index in [0.29, 0.717) is 12.0 Å². The first-order valence-corrected chi connectivity index (χ1v) is 9.68. The lowest BCUT2D eigenvalue weighted by molar-refractivity contribution is -0.0685. The molecule has 1 aromatic rings. The van der Waals surface area contributed by atoms with Gasteiger partial charge in [-0.05, 0) is 12.8 Å². The largest absolute Gasteiger partial charge is 0.472 e. The molecule has 5 atom stereocenters. The van der Waals surface area contributed by atoms with Gasteiger partial charge in [-0.15, -0.1) is 0 Å². The summed E-state index contributed by atoms with van der Waals surface area (Å²) < 4.78 is 27.8. The first kappa shape index (κ1) is 18.5. The second-order valence-electron chi connectivity index (χ2n) is 6.19. The van der Waals surface area contributed by atoms with E-state index in [1.807, 2.05) is 0 Å². The molecule has 2 saturated heterocycles. The number of aromatic nitrogens is 2. The number of nitrogen functional groups attached to an aromatic ring is 1. The van der Waals surface area contributed by atoms with Crippen LogP contribution in [0.15, 0.2) is 11.0 Å². The molecule has 3 rings (SSSR count). The number of anilines is 1. The number of unbranched alkanes of at least 4 members (excludes halogenated alkanes) is 2. The van der Waals surface area contributed by atoms with Gasteiger partial charge in [0.1, 0.15) is 24.1 Å². The monoisotopic (exact) mass is 375 g/mol. The number of phosphoric ester groups is 1. The van der Waals surface area contributed by atoms with Gasteiger partial charge in [0.25, 0.3) is 0 Å². The Balaban J connectivity index is 1.85. The fraction of sp³-hybridized carbons (Fsp3) is 0.714. The lowest BCUT2D eigenvalue weighted by atomic mass is 10.1. The topological polar surface area (TPSA) is 146 Å². The average Bonchev–Trinajstić information content (AvgIpc) is 2.85. The van der Waals surface area contributed by atoms with E-state index in [0.717, 1.165) is 23.8 Å². The van der Waals surface area contributed by atoms with Crippen molar-refractivity contribution in [2.45, 2.75) is 57.1 Å². The predicted octanol–water partition coefficient (Wildman–Crippen LogP) is 0.332. The van der Waals surface area contributed by atoms with E-state index < -0.39 is 38.1 Å². The summed E-state index contributed by atoms with van der Waals surface area (Å²) >= 11 is 0. The van der Waals surface area contributed by atoms with E-state index in [2.05, 4.69) is 16.4 Å². The normalized spacial score (nSPS) is 34.8. The second kappa shape index (κ2) is 7.14. The van der Waals surface area contributed by atoms with Crippen molar-refractivity contribution in [3.63, 3.8) is 0 Å². The van der Waals surface area contributed by atoms with Crippen LogP contribution < -0.4 is 11.4 Å². The molecular formula is C14H22N3O7P. The molecule has 0 aromatic carbocycles. The number of ether oxygens (including phenoxy) is 1. The Morgan fingerprint density at radius 1 is 1.48 bits per heavy atom. The van der Waals surface area contributed by atoms with Gasteiger partial charge in [0.05, 0.1) is 6.61 Å². The Morgan fingerprint density at radius 2 is 2.24 bits per heavy atom. The van der Waals surface area contributed by atoms with E-state index >= 15 is 0 Å². The molecule has 0 aliphatic carbocycles. The maximum atomic E-state index is 12.2. The predicted molar refractivity (Wildman–Crippen MR) is 86.7 cm³/mol. The van der Waals surface area contributed by atoms with Gasteiger partial charge < -0.3 is 20.5 Å². The van der Waals surface area contributed by atoms with Gasteiger partial charge in [-0.2, -0.15) is 4.98 Å². The van der Waals surface area contributed by atoms with Crippen LogP contribution in [0.3, 0.4) is 0 Å². The van der Waals surface area contributed by atoms with E-state index in [-0.39, 0.29) is 12.4 Å². The first-order chi connectivity index (χ1) is 11.8. The maximum absolute atomic E-state index is 12.2. The number of nitrogens with two attached hydrogens (primary N) is 1. The van der Waals surface area contributed by atoms with Crippen molar-refractivity contribution < 1.29 is 28.3 Å². The molecule has 2 fully saturated rings. The zero-order chi connectivity index (χ0) is 18.2. The molecule has 2 aliphatic rings. The van der Waals surface area contributed by atoms with Crippen molar-refractivity contribution in [1.82, 2.24) is 9.55 Å². The molecule has 2 aliphatic heterocycles. The third kappa shape index (κ3) is 3.79. The van der Waals surface area contributed by atoms with Gasteiger partial charge in [0.2, 0.25) is 0 Å². The highest BCUT2D eigenvalue weighted by Gasteiger charge is 2.52. The summed E-state index contributed by atoms with van der Waals surface area (Å²) in [7, 11) is -4.22. The van der Waals surface area contributed by atoms with Crippen LogP contribution in [0.4, 0.5) is 5.82 Å². The van der Waals surface area contributed by atoms with Crippen molar-refractivity contribution in [3.05, 3.63) is 22.2 Å². The van der Waals surface area contributed by atoms with Crippen LogP contribution in [0, 0.1) is 0 Å². The van der Waals surface area contributed by atoms with Crippen LogP contribution in [0.1, 0.15) is 38.0 Å². The zero-order valence-electron chi connectivity index (χ0n) is 13.8. The third-order valence-corrected chi connectivity index (χ3v) is 5.34. The quantitative estimate of drug-likeness (QED) is 0.489. The Hall–Kier alpha value is -1.29. The summed E-state index contributed by atoms with van der Waals surface area (Å²) in [6, 6.07) is 0. The summed E-state index contributed by atoms with van der Waals surface area (Å²) in [5.74, 6) is 0.154. The van der Waals surface area contributed by atoms with Gasteiger partial charge in [-0.1, -0.05) is 19.8 Å². The van der Waals surface area contributed by atoms with E-state index in [9.17, 15) is 19.4 Å². The molecule has 4 N–H and O–H groups in total. The van der Waals surface area contributed by atoms with Crippen molar-refractivity contribution in [2.75, 3.05) is 12.3 Å². The Bertz CT molecular complexity index is 740. The fourth-order valence-electron chi connectivity index (χ4n) is 3.03. The molecule has 11 heteroatoms. The maximum Gasteiger partial charge on any atom is 0.472 e. The molecule has 0 bridgehead atoms. The molecule has 3 heterocycles. The molecule has 25 heavy (non-hydrogen) atoms. The van der Waals surface area contributed by atoms with Crippen LogP contribution >= 0.6 is 7.82 Å². The van der Waals surface area contributed by atoms with Crippen LogP contribution in [-0.2, 0) is 24.8 Å². The van der Waals surface area contributed by atoms with Crippen LogP contribution in [-0.4, -0.2) is 44.5 Å². The van der Waals surface area contributed by atoms with Crippen LogP contribution in [0.25, 0.3) is 0 Å². The minimum absolute atomic E-state index is 0.154. The van der Waals surface area contributed by atoms with E-state index in [1.54, 1.807) is 0 Å². The molecule has 140 valence electrons. The summed E-state index contributed by atoms with van der Waals surface area (Å²) in [5.41, 5.74) is 5.83. The number of rotatable bonds is 5. The van der Waals surface area contributed by atoms with Crippen molar-refractivity contribution in [1.29, 1.82) is 0 Å². The number of aliphatic hydroxyl groups excluding tert-OH is 1. The number of phosphoric acid groups is 1. The van der Waals surface area contributed by atoms with Gasteiger partial charge in [0, 0.05) is 11.8 Å². The highest BCUT2D eigenvalue weighted by Crippen LogP contribution is 2.52. The standard InChI is InChI=1S/C14H22N3O7P/c1-2-3-4-5-8-6-17(14(19)16-12(8)15)13-10(18)11-9(23-13)7-22-25(20,21)24-11/h6,9-11,13,18H,2-5,7H2,1H3,(H,20,21)(H2,15,16,19)/t9-,10-,11-,13-/m1/s1. The lowest BCUT2D eigenvalue weighted by Crippen LogP contribution is -2.40. The number of nitrogens with zero attached hydrogens (tertiary/aromatic N) is 2. The number of aryl methyl sites for hydroxylation is 1. The van der Waals surface area contributed by atoms with E-state index in [4.69, 9.17) is 15.0 Å². The number of hydrogen-bond acceptors (Lipinski definition) is 8. The lowest BCUT2D eigenvalue weighted by Gasteiger charge is -2.27. The Kier molecular flexibility index (Phi) is 5.29. The summed E-state index contributed by atoms with van der Waals surface area (Å²) in [6.45, 7) is 1.86. The Labute approximate surface area is 144 Å².